The van der Waals surface area contributed by atoms with E-state index < -0.39 is 0 Å². The third kappa shape index (κ3) is 1.31. The predicted octanol–water partition coefficient (Wildman–Crippen LogP) is 1.99. The van der Waals surface area contributed by atoms with Gasteiger partial charge in [-0.1, -0.05) is 18.2 Å². The molecule has 1 aromatic carbocycles. The van der Waals surface area contributed by atoms with Gasteiger partial charge < -0.3 is 10.6 Å². The summed E-state index contributed by atoms with van der Waals surface area (Å²) in [6, 6.07) is 10.3. The van der Waals surface area contributed by atoms with Gasteiger partial charge in [0.25, 0.3) is 0 Å². The molecule has 0 amide bonds. The first-order valence-corrected chi connectivity index (χ1v) is 5.87. The average Bonchev–Trinajstić information content (AvgIpc) is 3.09. The fourth-order valence-electron chi connectivity index (χ4n) is 2.67. The van der Waals surface area contributed by atoms with Crippen molar-refractivity contribution >= 4 is 11.6 Å². The van der Waals surface area contributed by atoms with E-state index in [2.05, 4.69) is 28.9 Å². The van der Waals surface area contributed by atoms with Gasteiger partial charge in [0.1, 0.15) is 0 Å². The minimum absolute atomic E-state index is 0.103. The molecule has 0 radical (unpaired) electrons. The van der Waals surface area contributed by atoms with Crippen LogP contribution >= 0.6 is 0 Å². The molecule has 1 unspecified atom stereocenters. The number of nitrogens with zero attached hydrogens (tertiary/aromatic N) is 2. The molecule has 3 nitrogen and oxygen atoms in total. The van der Waals surface area contributed by atoms with Crippen LogP contribution in [0.15, 0.2) is 35.3 Å². The van der Waals surface area contributed by atoms with Crippen LogP contribution in [0.4, 0.5) is 5.69 Å². The molecule has 84 valence electrons. The van der Waals surface area contributed by atoms with Crippen LogP contribution < -0.4 is 10.6 Å². The number of aliphatic imine (C=N–C) groups is 1. The Kier molecular flexibility index (Phi) is 1.96. The van der Waals surface area contributed by atoms with Gasteiger partial charge in [-0.3, -0.25) is 4.99 Å². The van der Waals surface area contributed by atoms with E-state index >= 15 is 0 Å². The summed E-state index contributed by atoms with van der Waals surface area (Å²) in [6.07, 6.45) is 2.62. The summed E-state index contributed by atoms with van der Waals surface area (Å²) in [6.45, 7) is 3.11. The van der Waals surface area contributed by atoms with E-state index in [4.69, 9.17) is 5.73 Å². The molecule has 0 saturated heterocycles. The molecule has 1 fully saturated rings. The maximum Gasteiger partial charge on any atom is 0.196 e. The number of guanidine groups is 1. The Bertz CT molecular complexity index is 422. The topological polar surface area (TPSA) is 41.6 Å². The maximum absolute atomic E-state index is 6.03. The zero-order chi connectivity index (χ0) is 11.2. The summed E-state index contributed by atoms with van der Waals surface area (Å²) in [7, 11) is 0. The van der Waals surface area contributed by atoms with Crippen LogP contribution in [0.25, 0.3) is 0 Å². The zero-order valence-electron chi connectivity index (χ0n) is 9.56. The van der Waals surface area contributed by atoms with Gasteiger partial charge in [0, 0.05) is 5.69 Å². The molecule has 3 heteroatoms. The minimum atomic E-state index is 0.103. The van der Waals surface area contributed by atoms with Crippen LogP contribution in [0.3, 0.4) is 0 Å². The Hall–Kier alpha value is -1.51. The van der Waals surface area contributed by atoms with E-state index in [0.717, 1.165) is 18.2 Å². The first-order valence-electron chi connectivity index (χ1n) is 5.87. The van der Waals surface area contributed by atoms with Gasteiger partial charge >= 0.3 is 0 Å². The number of hydrogen-bond acceptors (Lipinski definition) is 3. The third-order valence-corrected chi connectivity index (χ3v) is 3.77. The fourth-order valence-corrected chi connectivity index (χ4v) is 2.67. The van der Waals surface area contributed by atoms with Crippen LogP contribution in [0.1, 0.15) is 19.8 Å². The zero-order valence-corrected chi connectivity index (χ0v) is 9.56. The van der Waals surface area contributed by atoms with Crippen molar-refractivity contribution < 1.29 is 0 Å². The van der Waals surface area contributed by atoms with Crippen LogP contribution in [0.2, 0.25) is 0 Å². The van der Waals surface area contributed by atoms with Crippen molar-refractivity contribution in [2.45, 2.75) is 25.3 Å². The van der Waals surface area contributed by atoms with Crippen molar-refractivity contribution in [3.8, 4) is 0 Å². The lowest BCUT2D eigenvalue weighted by atomic mass is 9.94. The Morgan fingerprint density at radius 3 is 2.62 bits per heavy atom. The van der Waals surface area contributed by atoms with Crippen molar-refractivity contribution in [2.24, 2.45) is 16.6 Å². The van der Waals surface area contributed by atoms with Gasteiger partial charge in [-0.05, 0) is 37.8 Å². The van der Waals surface area contributed by atoms with Gasteiger partial charge in [-0.25, -0.2) is 0 Å². The number of benzene rings is 1. The molecular weight excluding hydrogens is 198 g/mol. The standard InChI is InChI=1S/C13H17N3/c1-13(10-7-8-10)9-15-12(14)16(13)11-5-3-2-4-6-11/h2-6,10H,7-9H2,1H3,(H2,14,15). The Morgan fingerprint density at radius 2 is 2.00 bits per heavy atom. The second-order valence-electron chi connectivity index (χ2n) is 4.98. The van der Waals surface area contributed by atoms with E-state index in [1.807, 2.05) is 18.2 Å². The van der Waals surface area contributed by atoms with Gasteiger partial charge in [-0.2, -0.15) is 0 Å². The smallest absolute Gasteiger partial charge is 0.196 e. The number of rotatable bonds is 2. The molecule has 2 N–H and O–H groups in total. The first-order chi connectivity index (χ1) is 7.72. The highest BCUT2D eigenvalue weighted by molar-refractivity contribution is 5.98. The minimum Gasteiger partial charge on any atom is -0.369 e. The lowest BCUT2D eigenvalue weighted by Crippen LogP contribution is -2.51. The number of anilines is 1. The summed E-state index contributed by atoms with van der Waals surface area (Å²) >= 11 is 0. The lowest BCUT2D eigenvalue weighted by molar-refractivity contribution is 0.440. The predicted molar refractivity (Wildman–Crippen MR) is 66.5 cm³/mol. The molecule has 1 saturated carbocycles. The fraction of sp³-hybridized carbons (Fsp3) is 0.462. The van der Waals surface area contributed by atoms with Gasteiger partial charge in [0.15, 0.2) is 5.96 Å². The SMILES string of the molecule is CC1(C2CC2)CN=C(N)N1c1ccccc1. The molecule has 3 rings (SSSR count). The normalized spacial score (nSPS) is 29.3. The number of hydrogen-bond donors (Lipinski definition) is 1. The molecule has 1 atom stereocenters. The van der Waals surface area contributed by atoms with E-state index in [1.165, 1.54) is 12.8 Å². The monoisotopic (exact) mass is 215 g/mol. The first kappa shape index (κ1) is 9.70. The van der Waals surface area contributed by atoms with E-state index in [-0.39, 0.29) is 5.54 Å². The largest absolute Gasteiger partial charge is 0.369 e. The summed E-state index contributed by atoms with van der Waals surface area (Å²) in [5.41, 5.74) is 7.29. The quantitative estimate of drug-likeness (QED) is 0.819. The van der Waals surface area contributed by atoms with Crippen molar-refractivity contribution in [3.05, 3.63) is 30.3 Å². The lowest BCUT2D eigenvalue weighted by Gasteiger charge is -2.36. The molecule has 0 aromatic heterocycles. The summed E-state index contributed by atoms with van der Waals surface area (Å²) < 4.78 is 0. The molecule has 1 heterocycles. The highest BCUT2D eigenvalue weighted by Crippen LogP contribution is 2.46. The van der Waals surface area contributed by atoms with E-state index in [1.54, 1.807) is 0 Å². The second kappa shape index (κ2) is 3.24. The van der Waals surface area contributed by atoms with Gasteiger partial charge in [-0.15, -0.1) is 0 Å². The van der Waals surface area contributed by atoms with Crippen molar-refractivity contribution in [1.82, 2.24) is 0 Å². The summed E-state index contributed by atoms with van der Waals surface area (Å²) in [4.78, 5) is 6.64. The molecule has 1 aromatic rings. The Morgan fingerprint density at radius 1 is 1.31 bits per heavy atom. The molecule has 0 bridgehead atoms. The van der Waals surface area contributed by atoms with Gasteiger partial charge in [0.2, 0.25) is 0 Å². The second-order valence-corrected chi connectivity index (χ2v) is 4.98. The molecule has 16 heavy (non-hydrogen) atoms. The van der Waals surface area contributed by atoms with Crippen LogP contribution in [-0.2, 0) is 0 Å². The molecule has 0 spiro atoms. The van der Waals surface area contributed by atoms with Crippen molar-refractivity contribution in [3.63, 3.8) is 0 Å². The maximum atomic E-state index is 6.03. The van der Waals surface area contributed by atoms with Crippen molar-refractivity contribution in [2.75, 3.05) is 11.4 Å². The summed E-state index contributed by atoms with van der Waals surface area (Å²) in [5, 5.41) is 0. The Balaban J connectivity index is 2.00. The Labute approximate surface area is 96.0 Å². The number of para-hydroxylation sites is 1. The van der Waals surface area contributed by atoms with Crippen molar-refractivity contribution in [1.29, 1.82) is 0 Å². The molecule has 1 aliphatic carbocycles. The molecular formula is C13H17N3. The third-order valence-electron chi connectivity index (χ3n) is 3.77. The number of nitrogens with two attached hydrogens (primary N) is 1. The molecule has 1 aliphatic heterocycles. The van der Waals surface area contributed by atoms with Crippen LogP contribution in [0.5, 0.6) is 0 Å². The average molecular weight is 215 g/mol. The van der Waals surface area contributed by atoms with Gasteiger partial charge in [0.05, 0.1) is 12.1 Å². The van der Waals surface area contributed by atoms with E-state index in [0.29, 0.717) is 5.96 Å². The highest BCUT2D eigenvalue weighted by atomic mass is 15.4. The van der Waals surface area contributed by atoms with Crippen LogP contribution in [0, 0.1) is 5.92 Å². The van der Waals surface area contributed by atoms with E-state index in [9.17, 15) is 0 Å². The van der Waals surface area contributed by atoms with Crippen LogP contribution in [-0.4, -0.2) is 18.0 Å². The summed E-state index contributed by atoms with van der Waals surface area (Å²) in [5.74, 6) is 1.41. The highest BCUT2D eigenvalue weighted by Gasteiger charge is 2.49. The molecule has 2 aliphatic rings.